The van der Waals surface area contributed by atoms with E-state index in [1.807, 2.05) is 11.8 Å². The Balaban J connectivity index is 2.53. The average molecular weight is 255 g/mol. The molecule has 0 bridgehead atoms. The van der Waals surface area contributed by atoms with Crippen molar-refractivity contribution in [3.8, 4) is 0 Å². The molecular weight excluding hydrogens is 245 g/mol. The second-order valence-corrected chi connectivity index (χ2v) is 6.20. The minimum absolute atomic E-state index is 0.252. The summed E-state index contributed by atoms with van der Waals surface area (Å²) in [7, 11) is 0. The maximum absolute atomic E-state index is 3.32. The number of rotatable bonds is 1. The predicted molar refractivity (Wildman–Crippen MR) is 51.5 cm³/mol. The number of hydrogen-bond acceptors (Lipinski definition) is 2. The van der Waals surface area contributed by atoms with E-state index in [2.05, 4.69) is 48.0 Å². The molecule has 1 aliphatic heterocycles. The summed E-state index contributed by atoms with van der Waals surface area (Å²) in [6.45, 7) is 4.33. The van der Waals surface area contributed by atoms with Crippen molar-refractivity contribution in [2.24, 2.45) is 0 Å². The molecule has 0 aliphatic carbocycles. The van der Waals surface area contributed by atoms with Crippen LogP contribution in [-0.2, 0) is 0 Å². The standard InChI is InChI=1S/C6H10INS/c1-3-6(7)8-4-5(2)9-6/h4,8H,3H2,1-2H3. The molecule has 0 fully saturated rings. The third-order valence-corrected chi connectivity index (χ3v) is 4.17. The molecule has 0 radical (unpaired) electrons. The van der Waals surface area contributed by atoms with Gasteiger partial charge in [0, 0.05) is 11.1 Å². The summed E-state index contributed by atoms with van der Waals surface area (Å²) in [5.41, 5.74) is 0. The van der Waals surface area contributed by atoms with Gasteiger partial charge in [0.15, 0.2) is 0 Å². The first-order chi connectivity index (χ1) is 4.16. The Kier molecular flexibility index (Phi) is 2.32. The number of thioether (sulfide) groups is 1. The number of hydrogen-bond donors (Lipinski definition) is 1. The summed E-state index contributed by atoms with van der Waals surface area (Å²) in [5, 5.41) is 3.32. The van der Waals surface area contributed by atoms with Gasteiger partial charge in [-0.15, -0.1) is 0 Å². The molecule has 0 aromatic heterocycles. The van der Waals surface area contributed by atoms with Crippen LogP contribution in [-0.4, -0.2) is 2.88 Å². The van der Waals surface area contributed by atoms with Crippen LogP contribution in [0.1, 0.15) is 20.3 Å². The molecule has 1 atom stereocenters. The second kappa shape index (κ2) is 2.70. The predicted octanol–water partition coefficient (Wildman–Crippen LogP) is 2.68. The summed E-state index contributed by atoms with van der Waals surface area (Å²) < 4.78 is 0.252. The molecule has 52 valence electrons. The number of allylic oxidation sites excluding steroid dienone is 1. The van der Waals surface area contributed by atoms with E-state index in [1.165, 1.54) is 4.91 Å². The van der Waals surface area contributed by atoms with Crippen LogP contribution >= 0.6 is 34.4 Å². The zero-order valence-electron chi connectivity index (χ0n) is 5.57. The molecule has 0 spiro atoms. The lowest BCUT2D eigenvalue weighted by atomic mass is 10.5. The van der Waals surface area contributed by atoms with Crippen molar-refractivity contribution in [1.82, 2.24) is 5.32 Å². The van der Waals surface area contributed by atoms with Gasteiger partial charge >= 0.3 is 0 Å². The van der Waals surface area contributed by atoms with Crippen molar-refractivity contribution in [3.63, 3.8) is 0 Å². The molecule has 0 amide bonds. The van der Waals surface area contributed by atoms with Crippen LogP contribution in [0, 0.1) is 0 Å². The fraction of sp³-hybridized carbons (Fsp3) is 0.667. The molecule has 1 rings (SSSR count). The largest absolute Gasteiger partial charge is 0.368 e. The van der Waals surface area contributed by atoms with Gasteiger partial charge in [0.25, 0.3) is 0 Å². The van der Waals surface area contributed by atoms with E-state index in [0.717, 1.165) is 6.42 Å². The van der Waals surface area contributed by atoms with Gasteiger partial charge in [0.1, 0.15) is 2.88 Å². The Morgan fingerprint density at radius 2 is 2.56 bits per heavy atom. The molecule has 0 aromatic rings. The van der Waals surface area contributed by atoms with E-state index >= 15 is 0 Å². The first-order valence-corrected chi connectivity index (χ1v) is 4.88. The molecule has 9 heavy (non-hydrogen) atoms. The third kappa shape index (κ3) is 1.77. The fourth-order valence-corrected chi connectivity index (χ4v) is 2.79. The monoisotopic (exact) mass is 255 g/mol. The number of nitrogens with one attached hydrogen (secondary N) is 1. The minimum atomic E-state index is 0.252. The van der Waals surface area contributed by atoms with Crippen molar-refractivity contribution in [2.75, 3.05) is 0 Å². The molecule has 1 nitrogen and oxygen atoms in total. The Labute approximate surface area is 73.8 Å². The van der Waals surface area contributed by atoms with Gasteiger partial charge < -0.3 is 5.32 Å². The van der Waals surface area contributed by atoms with Crippen LogP contribution in [0.2, 0.25) is 0 Å². The lowest BCUT2D eigenvalue weighted by molar-refractivity contribution is 0.740. The van der Waals surface area contributed by atoms with Crippen molar-refractivity contribution in [1.29, 1.82) is 0 Å². The molecule has 1 aliphatic rings. The quantitative estimate of drug-likeness (QED) is 0.439. The van der Waals surface area contributed by atoms with Crippen molar-refractivity contribution in [2.45, 2.75) is 23.1 Å². The molecule has 0 saturated heterocycles. The van der Waals surface area contributed by atoms with Crippen LogP contribution in [0.25, 0.3) is 0 Å². The van der Waals surface area contributed by atoms with Crippen LogP contribution in [0.15, 0.2) is 11.1 Å². The zero-order valence-corrected chi connectivity index (χ0v) is 8.54. The minimum Gasteiger partial charge on any atom is -0.368 e. The van der Waals surface area contributed by atoms with E-state index in [4.69, 9.17) is 0 Å². The van der Waals surface area contributed by atoms with E-state index in [1.54, 1.807) is 0 Å². The molecular formula is C6H10INS. The summed E-state index contributed by atoms with van der Waals surface area (Å²) in [4.78, 5) is 1.38. The number of alkyl halides is 1. The van der Waals surface area contributed by atoms with Crippen molar-refractivity contribution in [3.05, 3.63) is 11.1 Å². The third-order valence-electron chi connectivity index (χ3n) is 1.27. The van der Waals surface area contributed by atoms with Crippen LogP contribution in [0.4, 0.5) is 0 Å². The van der Waals surface area contributed by atoms with Gasteiger partial charge in [0.2, 0.25) is 0 Å². The highest BCUT2D eigenvalue weighted by molar-refractivity contribution is 14.1. The SMILES string of the molecule is CCC1(I)NC=C(C)S1. The summed E-state index contributed by atoms with van der Waals surface area (Å²) in [6.07, 6.45) is 3.24. The molecule has 0 aromatic carbocycles. The molecule has 0 saturated carbocycles. The smallest absolute Gasteiger partial charge is 0.139 e. The first-order valence-electron chi connectivity index (χ1n) is 2.99. The first kappa shape index (κ1) is 7.72. The molecule has 3 heteroatoms. The lowest BCUT2D eigenvalue weighted by Gasteiger charge is -2.19. The van der Waals surface area contributed by atoms with Crippen LogP contribution in [0.3, 0.4) is 0 Å². The highest BCUT2D eigenvalue weighted by Crippen LogP contribution is 2.42. The molecule has 1 heterocycles. The second-order valence-electron chi connectivity index (χ2n) is 2.08. The van der Waals surface area contributed by atoms with Gasteiger partial charge in [-0.05, 0) is 35.9 Å². The highest BCUT2D eigenvalue weighted by Gasteiger charge is 2.27. The van der Waals surface area contributed by atoms with E-state index in [0.29, 0.717) is 0 Å². The Morgan fingerprint density at radius 1 is 1.89 bits per heavy atom. The van der Waals surface area contributed by atoms with Crippen LogP contribution in [0.5, 0.6) is 0 Å². The molecule has 1 unspecified atom stereocenters. The summed E-state index contributed by atoms with van der Waals surface area (Å²) in [5.74, 6) is 0. The zero-order chi connectivity index (χ0) is 6.91. The lowest BCUT2D eigenvalue weighted by Crippen LogP contribution is -2.26. The van der Waals surface area contributed by atoms with Gasteiger partial charge in [-0.3, -0.25) is 0 Å². The van der Waals surface area contributed by atoms with Crippen molar-refractivity contribution < 1.29 is 0 Å². The summed E-state index contributed by atoms with van der Waals surface area (Å²) in [6, 6.07) is 0. The Morgan fingerprint density at radius 3 is 2.78 bits per heavy atom. The van der Waals surface area contributed by atoms with Gasteiger partial charge in [0.05, 0.1) is 0 Å². The maximum Gasteiger partial charge on any atom is 0.139 e. The van der Waals surface area contributed by atoms with E-state index in [-0.39, 0.29) is 2.88 Å². The van der Waals surface area contributed by atoms with Gasteiger partial charge in [-0.25, -0.2) is 0 Å². The number of halogens is 1. The normalized spacial score (nSPS) is 33.9. The summed E-state index contributed by atoms with van der Waals surface area (Å²) >= 11 is 4.35. The topological polar surface area (TPSA) is 12.0 Å². The maximum atomic E-state index is 3.32. The van der Waals surface area contributed by atoms with Gasteiger partial charge in [-0.1, -0.05) is 18.7 Å². The van der Waals surface area contributed by atoms with E-state index in [9.17, 15) is 0 Å². The van der Waals surface area contributed by atoms with Crippen molar-refractivity contribution >= 4 is 34.4 Å². The molecule has 1 N–H and O–H groups in total. The Hall–Kier alpha value is 0.620. The Bertz CT molecular complexity index is 146. The highest BCUT2D eigenvalue weighted by atomic mass is 127. The average Bonchev–Trinajstić information content (AvgIpc) is 2.13. The van der Waals surface area contributed by atoms with Crippen LogP contribution < -0.4 is 5.32 Å². The van der Waals surface area contributed by atoms with E-state index < -0.39 is 0 Å². The van der Waals surface area contributed by atoms with Gasteiger partial charge in [-0.2, -0.15) is 0 Å². The fourth-order valence-electron chi connectivity index (χ4n) is 0.698.